The average Bonchev–Trinajstić information content (AvgIpc) is 2.87. The number of aliphatic hydroxyl groups is 1. The molecule has 3 rings (SSSR count). The molecule has 0 radical (unpaired) electrons. The first-order chi connectivity index (χ1) is 10.2. The van der Waals surface area contributed by atoms with Gasteiger partial charge in [0.1, 0.15) is 10.8 Å². The molecule has 0 atom stereocenters. The molecule has 4 N–H and O–H groups in total. The number of nitrogen functional groups attached to an aromatic ring is 1. The second-order valence-electron chi connectivity index (χ2n) is 4.59. The number of aliphatic hydroxyl groups excluding tert-OH is 1. The maximum Gasteiger partial charge on any atom is 0.198 e. The second-order valence-corrected chi connectivity index (χ2v) is 6.01. The number of anilines is 1. The molecule has 0 saturated heterocycles. The SMILES string of the molecule is Nc1nc(=S)[nH]c(CCCO)c1-c1nc2ccccc2s1. The van der Waals surface area contributed by atoms with Crippen LogP contribution < -0.4 is 5.73 Å². The van der Waals surface area contributed by atoms with Crippen molar-refractivity contribution in [1.29, 1.82) is 0 Å². The van der Waals surface area contributed by atoms with Gasteiger partial charge in [-0.3, -0.25) is 0 Å². The lowest BCUT2D eigenvalue weighted by atomic mass is 10.1. The smallest absolute Gasteiger partial charge is 0.198 e. The van der Waals surface area contributed by atoms with Gasteiger partial charge in [-0.1, -0.05) is 12.1 Å². The number of hydrogen-bond donors (Lipinski definition) is 3. The Hall–Kier alpha value is -1.83. The number of nitrogens with one attached hydrogen (secondary N) is 1. The number of fused-ring (bicyclic) bond motifs is 1. The van der Waals surface area contributed by atoms with Crippen molar-refractivity contribution in [3.63, 3.8) is 0 Å². The van der Waals surface area contributed by atoms with E-state index in [1.807, 2.05) is 24.3 Å². The number of benzene rings is 1. The summed E-state index contributed by atoms with van der Waals surface area (Å²) in [5.41, 5.74) is 8.66. The van der Waals surface area contributed by atoms with Gasteiger partial charge in [0, 0.05) is 12.3 Å². The fourth-order valence-electron chi connectivity index (χ4n) is 2.20. The third-order valence-corrected chi connectivity index (χ3v) is 4.38. The molecular weight excluding hydrogens is 304 g/mol. The zero-order chi connectivity index (χ0) is 14.8. The van der Waals surface area contributed by atoms with Crippen LogP contribution in [-0.2, 0) is 6.42 Å². The van der Waals surface area contributed by atoms with Crippen molar-refractivity contribution in [1.82, 2.24) is 15.0 Å². The Labute approximate surface area is 130 Å². The quantitative estimate of drug-likeness (QED) is 0.644. The van der Waals surface area contributed by atoms with Crippen molar-refractivity contribution < 1.29 is 5.11 Å². The molecule has 0 unspecified atom stereocenters. The molecule has 108 valence electrons. The average molecular weight is 318 g/mol. The number of nitrogens with two attached hydrogens (primary N) is 1. The Bertz CT molecular complexity index is 807. The summed E-state index contributed by atoms with van der Waals surface area (Å²) in [7, 11) is 0. The van der Waals surface area contributed by atoms with E-state index < -0.39 is 0 Å². The molecule has 0 amide bonds. The monoisotopic (exact) mass is 318 g/mol. The van der Waals surface area contributed by atoms with Gasteiger partial charge in [-0.2, -0.15) is 0 Å². The highest BCUT2D eigenvalue weighted by Crippen LogP contribution is 2.34. The molecule has 0 aliphatic heterocycles. The summed E-state index contributed by atoms with van der Waals surface area (Å²) in [6.07, 6.45) is 1.28. The summed E-state index contributed by atoms with van der Waals surface area (Å²) in [4.78, 5) is 11.8. The molecule has 0 bridgehead atoms. The predicted molar refractivity (Wildman–Crippen MR) is 87.9 cm³/mol. The molecule has 7 heteroatoms. The van der Waals surface area contributed by atoms with Crippen molar-refractivity contribution in [2.45, 2.75) is 12.8 Å². The molecule has 0 spiro atoms. The molecular formula is C14H14N4OS2. The zero-order valence-electron chi connectivity index (χ0n) is 11.2. The summed E-state index contributed by atoms with van der Waals surface area (Å²) in [6.45, 7) is 0.113. The Kier molecular flexibility index (Phi) is 3.96. The number of rotatable bonds is 4. The minimum Gasteiger partial charge on any atom is -0.396 e. The molecule has 2 heterocycles. The first kappa shape index (κ1) is 14.1. The van der Waals surface area contributed by atoms with Crippen LogP contribution in [0.5, 0.6) is 0 Å². The Balaban J connectivity index is 2.17. The standard InChI is InChI=1S/C14H14N4OS2/c15-12-11(9(5-3-7-19)17-14(20)18-12)13-16-8-4-1-2-6-10(8)21-13/h1-2,4,6,19H,3,5,7H2,(H3,15,17,18,20). The van der Waals surface area contributed by atoms with Crippen LogP contribution in [0.4, 0.5) is 5.82 Å². The van der Waals surface area contributed by atoms with Crippen molar-refractivity contribution in [2.24, 2.45) is 0 Å². The van der Waals surface area contributed by atoms with Gasteiger partial charge in [-0.15, -0.1) is 11.3 Å². The van der Waals surface area contributed by atoms with Crippen LogP contribution >= 0.6 is 23.6 Å². The van der Waals surface area contributed by atoms with Crippen molar-refractivity contribution in [3.8, 4) is 10.6 Å². The lowest BCUT2D eigenvalue weighted by Crippen LogP contribution is -2.04. The molecule has 21 heavy (non-hydrogen) atoms. The van der Waals surface area contributed by atoms with Gasteiger partial charge < -0.3 is 15.8 Å². The minimum atomic E-state index is 0.113. The topological polar surface area (TPSA) is 87.8 Å². The first-order valence-electron chi connectivity index (χ1n) is 6.54. The zero-order valence-corrected chi connectivity index (χ0v) is 12.8. The van der Waals surface area contributed by atoms with Gasteiger partial charge in [-0.05, 0) is 37.2 Å². The summed E-state index contributed by atoms with van der Waals surface area (Å²) < 4.78 is 1.45. The van der Waals surface area contributed by atoms with Crippen LogP contribution in [0.25, 0.3) is 20.8 Å². The van der Waals surface area contributed by atoms with E-state index in [2.05, 4.69) is 15.0 Å². The molecule has 1 aromatic carbocycles. The number of nitrogens with zero attached hydrogens (tertiary/aromatic N) is 2. The van der Waals surface area contributed by atoms with Crippen LogP contribution in [0.15, 0.2) is 24.3 Å². The van der Waals surface area contributed by atoms with Crippen molar-refractivity contribution in [3.05, 3.63) is 34.7 Å². The summed E-state index contributed by atoms with van der Waals surface area (Å²) in [5.74, 6) is 0.380. The van der Waals surface area contributed by atoms with Gasteiger partial charge in [0.05, 0.1) is 15.8 Å². The second kappa shape index (κ2) is 5.88. The van der Waals surface area contributed by atoms with E-state index in [-0.39, 0.29) is 6.61 Å². The summed E-state index contributed by atoms with van der Waals surface area (Å²) >= 11 is 6.66. The number of aromatic nitrogens is 3. The number of aromatic amines is 1. The lowest BCUT2D eigenvalue weighted by molar-refractivity contribution is 0.288. The third-order valence-electron chi connectivity index (χ3n) is 3.13. The van der Waals surface area contributed by atoms with Crippen LogP contribution in [0.1, 0.15) is 12.1 Å². The lowest BCUT2D eigenvalue weighted by Gasteiger charge is -2.08. The number of aryl methyl sites for hydroxylation is 1. The normalized spacial score (nSPS) is 11.1. The molecule has 0 saturated carbocycles. The largest absolute Gasteiger partial charge is 0.396 e. The highest BCUT2D eigenvalue weighted by Gasteiger charge is 2.15. The van der Waals surface area contributed by atoms with Gasteiger partial charge in [0.15, 0.2) is 4.77 Å². The van der Waals surface area contributed by atoms with Crippen molar-refractivity contribution in [2.75, 3.05) is 12.3 Å². The maximum atomic E-state index is 9.04. The number of para-hydroxylation sites is 1. The van der Waals surface area contributed by atoms with E-state index in [0.29, 0.717) is 23.4 Å². The minimum absolute atomic E-state index is 0.113. The van der Waals surface area contributed by atoms with Crippen LogP contribution in [-0.4, -0.2) is 26.7 Å². The highest BCUT2D eigenvalue weighted by atomic mass is 32.1. The Morgan fingerprint density at radius 3 is 2.86 bits per heavy atom. The van der Waals surface area contributed by atoms with Gasteiger partial charge >= 0.3 is 0 Å². The van der Waals surface area contributed by atoms with E-state index in [1.54, 1.807) is 11.3 Å². The molecule has 0 aliphatic carbocycles. The maximum absolute atomic E-state index is 9.04. The van der Waals surface area contributed by atoms with E-state index in [9.17, 15) is 0 Å². The fourth-order valence-corrected chi connectivity index (χ4v) is 3.47. The highest BCUT2D eigenvalue weighted by molar-refractivity contribution is 7.71. The van der Waals surface area contributed by atoms with Crippen molar-refractivity contribution >= 4 is 39.6 Å². The van der Waals surface area contributed by atoms with E-state index in [0.717, 1.165) is 26.5 Å². The van der Waals surface area contributed by atoms with E-state index in [4.69, 9.17) is 23.1 Å². The van der Waals surface area contributed by atoms with E-state index in [1.165, 1.54) is 0 Å². The van der Waals surface area contributed by atoms with Crippen LogP contribution in [0.3, 0.4) is 0 Å². The van der Waals surface area contributed by atoms with Gasteiger partial charge in [0.25, 0.3) is 0 Å². The first-order valence-corrected chi connectivity index (χ1v) is 7.77. The Morgan fingerprint density at radius 2 is 2.10 bits per heavy atom. The molecule has 3 aromatic rings. The molecule has 0 fully saturated rings. The number of thiazole rings is 1. The molecule has 2 aromatic heterocycles. The summed E-state index contributed by atoms with van der Waals surface area (Å²) in [6, 6.07) is 7.94. The van der Waals surface area contributed by atoms with Gasteiger partial charge in [-0.25, -0.2) is 9.97 Å². The third kappa shape index (κ3) is 2.80. The molecule has 0 aliphatic rings. The summed E-state index contributed by atoms with van der Waals surface area (Å²) in [5, 5.41) is 9.86. The predicted octanol–water partition coefficient (Wildman–Crippen LogP) is 2.92. The Morgan fingerprint density at radius 1 is 1.29 bits per heavy atom. The molecule has 5 nitrogen and oxygen atoms in total. The van der Waals surface area contributed by atoms with Crippen LogP contribution in [0.2, 0.25) is 0 Å². The number of hydrogen-bond acceptors (Lipinski definition) is 6. The number of H-pyrrole nitrogens is 1. The van der Waals surface area contributed by atoms with Crippen LogP contribution in [0, 0.1) is 4.77 Å². The fraction of sp³-hybridized carbons (Fsp3) is 0.214. The van der Waals surface area contributed by atoms with E-state index >= 15 is 0 Å². The van der Waals surface area contributed by atoms with Gasteiger partial charge in [0.2, 0.25) is 0 Å².